The molecular formula is C14H18N4O2S. The van der Waals surface area contributed by atoms with Gasteiger partial charge in [-0.05, 0) is 24.5 Å². The molecular weight excluding hydrogens is 288 g/mol. The van der Waals surface area contributed by atoms with Gasteiger partial charge < -0.3 is 5.73 Å². The predicted molar refractivity (Wildman–Crippen MR) is 79.1 cm³/mol. The Bertz CT molecular complexity index is 754. The molecule has 0 spiro atoms. The Balaban J connectivity index is 1.81. The smallest absolute Gasteiger partial charge is 0.244 e. The summed E-state index contributed by atoms with van der Waals surface area (Å²) >= 11 is 0. The number of benzene rings is 1. The number of sulfonamides is 1. The van der Waals surface area contributed by atoms with Crippen LogP contribution in [0.1, 0.15) is 24.1 Å². The summed E-state index contributed by atoms with van der Waals surface area (Å²) < 4.78 is 29.1. The van der Waals surface area contributed by atoms with Crippen LogP contribution in [0.25, 0.3) is 0 Å². The van der Waals surface area contributed by atoms with E-state index in [-0.39, 0.29) is 17.0 Å². The van der Waals surface area contributed by atoms with Crippen molar-refractivity contribution in [3.05, 3.63) is 47.8 Å². The molecule has 6 nitrogen and oxygen atoms in total. The minimum atomic E-state index is -3.60. The maximum atomic E-state index is 12.4. The van der Waals surface area contributed by atoms with E-state index >= 15 is 0 Å². The number of fused-ring (bicyclic) bond motifs is 1. The fourth-order valence-electron chi connectivity index (χ4n) is 2.66. The van der Waals surface area contributed by atoms with Crippen LogP contribution in [0.2, 0.25) is 0 Å². The quantitative estimate of drug-likeness (QED) is 0.874. The Labute approximate surface area is 124 Å². The van der Waals surface area contributed by atoms with Gasteiger partial charge >= 0.3 is 0 Å². The molecule has 3 N–H and O–H groups in total. The third kappa shape index (κ3) is 2.59. The van der Waals surface area contributed by atoms with Gasteiger partial charge in [-0.3, -0.25) is 4.68 Å². The van der Waals surface area contributed by atoms with Gasteiger partial charge in [0.05, 0.1) is 6.20 Å². The molecule has 0 amide bonds. The monoisotopic (exact) mass is 306 g/mol. The molecule has 2 aromatic rings. The summed E-state index contributed by atoms with van der Waals surface area (Å²) in [4.78, 5) is 0.174. The van der Waals surface area contributed by atoms with Gasteiger partial charge in [0.2, 0.25) is 10.0 Å². The normalized spacial score (nSPS) is 21.4. The van der Waals surface area contributed by atoms with E-state index < -0.39 is 10.0 Å². The third-order valence-corrected chi connectivity index (χ3v) is 5.28. The number of hydrogen-bond acceptors (Lipinski definition) is 4. The molecule has 21 heavy (non-hydrogen) atoms. The fourth-order valence-corrected chi connectivity index (χ4v) is 3.88. The van der Waals surface area contributed by atoms with Crippen LogP contribution in [0.4, 0.5) is 0 Å². The Kier molecular flexibility index (Phi) is 3.56. The molecule has 1 aromatic heterocycles. The van der Waals surface area contributed by atoms with Crippen molar-refractivity contribution in [2.75, 3.05) is 0 Å². The topological polar surface area (TPSA) is 90.0 Å². The first-order valence-corrected chi connectivity index (χ1v) is 8.37. The number of rotatable bonds is 4. The number of nitrogens with two attached hydrogens (primary N) is 1. The van der Waals surface area contributed by atoms with Gasteiger partial charge in [0.25, 0.3) is 0 Å². The minimum Gasteiger partial charge on any atom is -0.323 e. The molecule has 0 unspecified atom stereocenters. The van der Waals surface area contributed by atoms with Crippen molar-refractivity contribution in [1.29, 1.82) is 0 Å². The van der Waals surface area contributed by atoms with Crippen LogP contribution in [0.5, 0.6) is 0 Å². The highest BCUT2D eigenvalue weighted by molar-refractivity contribution is 7.89. The first-order valence-electron chi connectivity index (χ1n) is 6.89. The molecule has 0 saturated heterocycles. The summed E-state index contributed by atoms with van der Waals surface area (Å²) in [5, 5.41) is 4.00. The lowest BCUT2D eigenvalue weighted by Crippen LogP contribution is -2.40. The molecule has 1 aliphatic carbocycles. The maximum Gasteiger partial charge on any atom is 0.244 e. The van der Waals surface area contributed by atoms with E-state index in [1.54, 1.807) is 4.68 Å². The van der Waals surface area contributed by atoms with Crippen molar-refractivity contribution in [3.8, 4) is 0 Å². The van der Waals surface area contributed by atoms with Crippen LogP contribution >= 0.6 is 0 Å². The van der Waals surface area contributed by atoms with Crippen LogP contribution in [0.15, 0.2) is 41.6 Å². The Morgan fingerprint density at radius 1 is 1.43 bits per heavy atom. The molecule has 0 aliphatic heterocycles. The predicted octanol–water partition coefficient (Wildman–Crippen LogP) is 0.806. The first-order chi connectivity index (χ1) is 10.0. The molecule has 112 valence electrons. The molecule has 0 fully saturated rings. The molecule has 1 heterocycles. The molecule has 0 radical (unpaired) electrons. The van der Waals surface area contributed by atoms with Gasteiger partial charge in [-0.2, -0.15) is 5.10 Å². The number of aromatic nitrogens is 2. The van der Waals surface area contributed by atoms with Crippen molar-refractivity contribution in [2.24, 2.45) is 5.73 Å². The molecule has 0 saturated carbocycles. The second-order valence-electron chi connectivity index (χ2n) is 5.19. The minimum absolute atomic E-state index is 0.174. The lowest BCUT2D eigenvalue weighted by atomic mass is 10.1. The molecule has 2 atom stereocenters. The Hall–Kier alpha value is -1.70. The van der Waals surface area contributed by atoms with Crippen molar-refractivity contribution >= 4 is 10.0 Å². The number of hydrogen-bond donors (Lipinski definition) is 2. The van der Waals surface area contributed by atoms with Crippen molar-refractivity contribution in [2.45, 2.75) is 36.9 Å². The lowest BCUT2D eigenvalue weighted by molar-refractivity contribution is 0.514. The molecule has 0 bridgehead atoms. The number of nitrogens with zero attached hydrogens (tertiary/aromatic N) is 2. The average Bonchev–Trinajstić information content (AvgIpc) is 3.06. The van der Waals surface area contributed by atoms with Gasteiger partial charge in [-0.15, -0.1) is 0 Å². The summed E-state index contributed by atoms with van der Waals surface area (Å²) in [5.41, 5.74) is 8.27. The largest absolute Gasteiger partial charge is 0.323 e. The van der Waals surface area contributed by atoms with E-state index in [1.165, 1.54) is 12.4 Å². The van der Waals surface area contributed by atoms with Gasteiger partial charge in [0.15, 0.2) is 0 Å². The van der Waals surface area contributed by atoms with Crippen molar-refractivity contribution < 1.29 is 8.42 Å². The van der Waals surface area contributed by atoms with Crippen LogP contribution in [0, 0.1) is 0 Å². The Morgan fingerprint density at radius 2 is 2.19 bits per heavy atom. The molecule has 3 rings (SSSR count). The lowest BCUT2D eigenvalue weighted by Gasteiger charge is -2.17. The summed E-state index contributed by atoms with van der Waals surface area (Å²) in [6, 6.07) is 7.14. The molecule has 7 heteroatoms. The van der Waals surface area contributed by atoms with Gasteiger partial charge in [-0.25, -0.2) is 13.1 Å². The van der Waals surface area contributed by atoms with Gasteiger partial charge in [0, 0.05) is 24.8 Å². The number of aryl methyl sites for hydroxylation is 1. The van der Waals surface area contributed by atoms with Crippen LogP contribution in [0.3, 0.4) is 0 Å². The van der Waals surface area contributed by atoms with E-state index in [4.69, 9.17) is 5.73 Å². The van der Waals surface area contributed by atoms with E-state index in [0.29, 0.717) is 13.0 Å². The standard InChI is InChI=1S/C14H18N4O2S/c1-2-18-9-11(8-16-18)21(19,20)17-13-7-10-5-3-4-6-12(10)14(13)15/h3-6,8-9,13-14,17H,2,7,15H2,1H3/t13-,14-/m1/s1. The van der Waals surface area contributed by atoms with E-state index in [0.717, 1.165) is 11.1 Å². The molecule has 1 aliphatic rings. The maximum absolute atomic E-state index is 12.4. The van der Waals surface area contributed by atoms with Crippen LogP contribution in [-0.2, 0) is 23.0 Å². The average molecular weight is 306 g/mol. The second kappa shape index (κ2) is 5.25. The summed E-state index contributed by atoms with van der Waals surface area (Å²) in [6.45, 7) is 2.53. The fraction of sp³-hybridized carbons (Fsp3) is 0.357. The van der Waals surface area contributed by atoms with Crippen molar-refractivity contribution in [3.63, 3.8) is 0 Å². The van der Waals surface area contributed by atoms with Crippen LogP contribution in [-0.4, -0.2) is 24.2 Å². The highest BCUT2D eigenvalue weighted by Gasteiger charge is 2.33. The highest BCUT2D eigenvalue weighted by Crippen LogP contribution is 2.30. The third-order valence-electron chi connectivity index (χ3n) is 3.84. The summed E-state index contributed by atoms with van der Waals surface area (Å²) in [5.74, 6) is 0. The summed E-state index contributed by atoms with van der Waals surface area (Å²) in [7, 11) is -3.60. The van der Waals surface area contributed by atoms with Gasteiger partial charge in [-0.1, -0.05) is 24.3 Å². The van der Waals surface area contributed by atoms with Gasteiger partial charge in [0.1, 0.15) is 4.90 Å². The van der Waals surface area contributed by atoms with E-state index in [2.05, 4.69) is 9.82 Å². The number of nitrogens with one attached hydrogen (secondary N) is 1. The molecule has 1 aromatic carbocycles. The zero-order chi connectivity index (χ0) is 15.0. The first kappa shape index (κ1) is 14.2. The van der Waals surface area contributed by atoms with E-state index in [1.807, 2.05) is 31.2 Å². The second-order valence-corrected chi connectivity index (χ2v) is 6.90. The Morgan fingerprint density at radius 3 is 2.86 bits per heavy atom. The van der Waals surface area contributed by atoms with Crippen LogP contribution < -0.4 is 10.5 Å². The van der Waals surface area contributed by atoms with Crippen molar-refractivity contribution in [1.82, 2.24) is 14.5 Å². The zero-order valence-corrected chi connectivity index (χ0v) is 12.5. The summed E-state index contributed by atoms with van der Waals surface area (Å²) in [6.07, 6.45) is 3.49. The highest BCUT2D eigenvalue weighted by atomic mass is 32.2. The SMILES string of the molecule is CCn1cc(S(=O)(=O)N[C@@H]2Cc3ccccc3[C@H]2N)cn1. The zero-order valence-electron chi connectivity index (χ0n) is 11.7. The van der Waals surface area contributed by atoms with E-state index in [9.17, 15) is 8.42 Å².